The minimum Gasteiger partial charge on any atom is -0.492 e. The minimum absolute atomic E-state index is 0.115. The van der Waals surface area contributed by atoms with E-state index in [1.165, 1.54) is 0 Å². The minimum atomic E-state index is -0.589. The number of esters is 2. The van der Waals surface area contributed by atoms with Gasteiger partial charge in [-0.05, 0) is 69.7 Å². The van der Waals surface area contributed by atoms with Crippen LogP contribution in [0.2, 0.25) is 10.0 Å². The molecular formula is C25H29Cl2NO6S. The average Bonchev–Trinajstić information content (AvgIpc) is 3.14. The maximum absolute atomic E-state index is 12.8. The van der Waals surface area contributed by atoms with Crippen molar-refractivity contribution in [3.05, 3.63) is 44.2 Å². The first-order chi connectivity index (χ1) is 16.8. The molecule has 0 unspecified atom stereocenters. The van der Waals surface area contributed by atoms with Crippen molar-refractivity contribution in [2.75, 3.05) is 18.5 Å². The highest BCUT2D eigenvalue weighted by Crippen LogP contribution is 2.35. The molecule has 10 heteroatoms. The summed E-state index contributed by atoms with van der Waals surface area (Å²) in [6.07, 6.45) is 5.34. The number of benzene rings is 1. The van der Waals surface area contributed by atoms with Gasteiger partial charge in [0.25, 0.3) is 0 Å². The van der Waals surface area contributed by atoms with Crippen LogP contribution in [0.25, 0.3) is 0 Å². The van der Waals surface area contributed by atoms with Crippen molar-refractivity contribution < 1.29 is 28.6 Å². The fourth-order valence-corrected chi connectivity index (χ4v) is 5.39. The van der Waals surface area contributed by atoms with E-state index in [1.807, 2.05) is 0 Å². The molecule has 1 aromatic heterocycles. The van der Waals surface area contributed by atoms with Crippen LogP contribution in [0.5, 0.6) is 5.75 Å². The Bertz CT molecular complexity index is 1060. The van der Waals surface area contributed by atoms with Gasteiger partial charge in [0.1, 0.15) is 21.7 Å². The molecule has 1 amide bonds. The smallest absolute Gasteiger partial charge is 0.348 e. The first kappa shape index (κ1) is 27.3. The molecule has 190 valence electrons. The van der Waals surface area contributed by atoms with E-state index in [1.54, 1.807) is 32.0 Å². The predicted octanol–water partition coefficient (Wildman–Crippen LogP) is 6.83. The zero-order valence-electron chi connectivity index (χ0n) is 19.8. The van der Waals surface area contributed by atoms with Crippen LogP contribution in [-0.4, -0.2) is 37.2 Å². The van der Waals surface area contributed by atoms with Gasteiger partial charge in [0, 0.05) is 11.4 Å². The zero-order chi connectivity index (χ0) is 25.4. The van der Waals surface area contributed by atoms with Gasteiger partial charge in [-0.2, -0.15) is 0 Å². The summed E-state index contributed by atoms with van der Waals surface area (Å²) in [6.45, 7) is 3.80. The number of carbonyl (C=O) groups is 3. The van der Waals surface area contributed by atoms with E-state index < -0.39 is 11.9 Å². The standard InChI is InChI=1S/C25H29Cl2NO6S/c1-3-32-24(30)21-15(2)22(25(31)34-17-8-5-4-6-9-17)35-23(21)28-20(29)10-7-13-33-19-12-11-16(26)14-18(19)27/h11-12,14,17H,3-10,13H2,1-2H3,(H,28,29). The lowest BCUT2D eigenvalue weighted by Gasteiger charge is -2.21. The first-order valence-corrected chi connectivity index (χ1v) is 13.3. The highest BCUT2D eigenvalue weighted by atomic mass is 35.5. The summed E-state index contributed by atoms with van der Waals surface area (Å²) in [5.41, 5.74) is 0.635. The van der Waals surface area contributed by atoms with Crippen LogP contribution < -0.4 is 10.1 Å². The molecular weight excluding hydrogens is 513 g/mol. The van der Waals surface area contributed by atoms with Crippen molar-refractivity contribution in [1.29, 1.82) is 0 Å². The summed E-state index contributed by atoms with van der Waals surface area (Å²) in [5, 5.41) is 3.94. The number of ether oxygens (including phenoxy) is 3. The highest BCUT2D eigenvalue weighted by molar-refractivity contribution is 7.18. The third kappa shape index (κ3) is 7.59. The van der Waals surface area contributed by atoms with Gasteiger partial charge >= 0.3 is 11.9 Å². The molecule has 35 heavy (non-hydrogen) atoms. The number of carbonyl (C=O) groups excluding carboxylic acids is 3. The van der Waals surface area contributed by atoms with Gasteiger partial charge in [-0.25, -0.2) is 9.59 Å². The number of nitrogens with one attached hydrogen (secondary N) is 1. The summed E-state index contributed by atoms with van der Waals surface area (Å²) in [6, 6.07) is 4.92. The first-order valence-electron chi connectivity index (χ1n) is 11.7. The van der Waals surface area contributed by atoms with Crippen LogP contribution in [0.3, 0.4) is 0 Å². The Balaban J connectivity index is 1.63. The lowest BCUT2D eigenvalue weighted by atomic mass is 9.98. The second-order valence-electron chi connectivity index (χ2n) is 8.22. The molecule has 1 saturated carbocycles. The molecule has 0 spiro atoms. The molecule has 2 aromatic rings. The van der Waals surface area contributed by atoms with E-state index in [0.717, 1.165) is 43.4 Å². The lowest BCUT2D eigenvalue weighted by molar-refractivity contribution is -0.116. The molecule has 0 atom stereocenters. The number of halogens is 2. The van der Waals surface area contributed by atoms with Gasteiger partial charge in [-0.1, -0.05) is 29.6 Å². The molecule has 1 aromatic carbocycles. The lowest BCUT2D eigenvalue weighted by Crippen LogP contribution is -2.21. The summed E-state index contributed by atoms with van der Waals surface area (Å²) < 4.78 is 16.5. The van der Waals surface area contributed by atoms with E-state index >= 15 is 0 Å². The Morgan fingerprint density at radius 2 is 1.86 bits per heavy atom. The van der Waals surface area contributed by atoms with Gasteiger partial charge in [-0.15, -0.1) is 11.3 Å². The Morgan fingerprint density at radius 1 is 1.11 bits per heavy atom. The second kappa shape index (κ2) is 13.1. The highest BCUT2D eigenvalue weighted by Gasteiger charge is 2.29. The maximum atomic E-state index is 12.8. The molecule has 1 fully saturated rings. The molecule has 0 aliphatic heterocycles. The molecule has 1 aliphatic rings. The van der Waals surface area contributed by atoms with Crippen molar-refractivity contribution in [2.45, 2.75) is 64.9 Å². The van der Waals surface area contributed by atoms with Crippen molar-refractivity contribution in [1.82, 2.24) is 0 Å². The second-order valence-corrected chi connectivity index (χ2v) is 10.1. The Kier molecular flexibility index (Phi) is 10.2. The SMILES string of the molecule is CCOC(=O)c1c(NC(=O)CCCOc2ccc(Cl)cc2Cl)sc(C(=O)OC2CCCCC2)c1C. The third-order valence-corrected chi connectivity index (χ3v) is 7.31. The van der Waals surface area contributed by atoms with E-state index in [4.69, 9.17) is 37.4 Å². The Morgan fingerprint density at radius 3 is 2.54 bits per heavy atom. The van der Waals surface area contributed by atoms with Crippen LogP contribution >= 0.6 is 34.5 Å². The van der Waals surface area contributed by atoms with E-state index in [-0.39, 0.29) is 42.2 Å². The van der Waals surface area contributed by atoms with Crippen molar-refractivity contribution in [3.63, 3.8) is 0 Å². The van der Waals surface area contributed by atoms with Gasteiger partial charge in [0.15, 0.2) is 0 Å². The van der Waals surface area contributed by atoms with Crippen LogP contribution in [0.15, 0.2) is 18.2 Å². The van der Waals surface area contributed by atoms with Crippen LogP contribution in [0.1, 0.15) is 77.5 Å². The average molecular weight is 542 g/mol. The summed E-state index contributed by atoms with van der Waals surface area (Å²) in [7, 11) is 0. The number of amides is 1. The Labute approximate surface area is 219 Å². The number of rotatable bonds is 10. The van der Waals surface area contributed by atoms with Crippen LogP contribution in [-0.2, 0) is 14.3 Å². The number of hydrogen-bond donors (Lipinski definition) is 1. The molecule has 0 saturated heterocycles. The summed E-state index contributed by atoms with van der Waals surface area (Å²) in [4.78, 5) is 38.4. The monoisotopic (exact) mass is 541 g/mol. The quantitative estimate of drug-likeness (QED) is 0.262. The maximum Gasteiger partial charge on any atom is 0.348 e. The van der Waals surface area contributed by atoms with Gasteiger partial charge in [0.05, 0.1) is 23.8 Å². The van der Waals surface area contributed by atoms with Gasteiger partial charge in [0.2, 0.25) is 5.91 Å². The summed E-state index contributed by atoms with van der Waals surface area (Å²) in [5.74, 6) is -0.890. The molecule has 0 radical (unpaired) electrons. The van der Waals surface area contributed by atoms with Crippen molar-refractivity contribution >= 4 is 57.4 Å². The fraction of sp³-hybridized carbons (Fsp3) is 0.480. The van der Waals surface area contributed by atoms with Crippen LogP contribution in [0.4, 0.5) is 5.00 Å². The zero-order valence-corrected chi connectivity index (χ0v) is 22.1. The van der Waals surface area contributed by atoms with E-state index in [2.05, 4.69) is 5.32 Å². The number of hydrogen-bond acceptors (Lipinski definition) is 7. The molecule has 3 rings (SSSR count). The van der Waals surface area contributed by atoms with Crippen molar-refractivity contribution in [3.8, 4) is 5.75 Å². The van der Waals surface area contributed by atoms with Crippen molar-refractivity contribution in [2.24, 2.45) is 0 Å². The third-order valence-electron chi connectivity index (χ3n) is 5.59. The molecule has 1 N–H and O–H groups in total. The van der Waals surface area contributed by atoms with Crippen LogP contribution in [0, 0.1) is 6.92 Å². The fourth-order valence-electron chi connectivity index (χ4n) is 3.83. The number of anilines is 1. The molecule has 0 bridgehead atoms. The Hall–Kier alpha value is -2.29. The van der Waals surface area contributed by atoms with Gasteiger partial charge < -0.3 is 19.5 Å². The van der Waals surface area contributed by atoms with E-state index in [9.17, 15) is 14.4 Å². The summed E-state index contributed by atoms with van der Waals surface area (Å²) >= 11 is 13.0. The molecule has 1 aliphatic carbocycles. The van der Waals surface area contributed by atoms with E-state index in [0.29, 0.717) is 32.7 Å². The van der Waals surface area contributed by atoms with Gasteiger partial charge in [-0.3, -0.25) is 4.79 Å². The topological polar surface area (TPSA) is 90.9 Å². The normalized spacial score (nSPS) is 13.8. The molecule has 7 nitrogen and oxygen atoms in total. The molecule has 1 heterocycles. The number of thiophene rings is 1. The largest absolute Gasteiger partial charge is 0.492 e. The predicted molar refractivity (Wildman–Crippen MR) is 137 cm³/mol.